The number of hydrogen-bond donors (Lipinski definition) is 3. The molecule has 0 radical (unpaired) electrons. The maximum absolute atomic E-state index is 9.33. The summed E-state index contributed by atoms with van der Waals surface area (Å²) in [7, 11) is 0. The minimum absolute atomic E-state index is 0. The van der Waals surface area contributed by atoms with Crippen LogP contribution in [0.5, 0.6) is 0 Å². The van der Waals surface area contributed by atoms with Crippen molar-refractivity contribution in [2.45, 2.75) is 39.7 Å². The molecule has 0 bridgehead atoms. The van der Waals surface area contributed by atoms with Gasteiger partial charge >= 0.3 is 0 Å². The molecule has 156 valence electrons. The molecule has 1 unspecified atom stereocenters. The molecule has 5 nitrogen and oxygen atoms in total. The van der Waals surface area contributed by atoms with Crippen LogP contribution in [0.2, 0.25) is 0 Å². The van der Waals surface area contributed by atoms with Crippen LogP contribution in [0.4, 0.5) is 0 Å². The van der Waals surface area contributed by atoms with Gasteiger partial charge < -0.3 is 20.2 Å². The van der Waals surface area contributed by atoms with E-state index in [0.29, 0.717) is 18.4 Å². The van der Waals surface area contributed by atoms with E-state index in [1.807, 2.05) is 30.3 Å². The Morgan fingerprint density at radius 1 is 1.11 bits per heavy atom. The van der Waals surface area contributed by atoms with E-state index in [1.165, 1.54) is 5.56 Å². The SMILES string of the molecule is CC(C)CC(CCO)CNC(=NCc1ccccc1)NCCc1ccco1.I. The number of furan rings is 1. The third-order valence-electron chi connectivity index (χ3n) is 4.41. The molecule has 1 atom stereocenters. The molecule has 6 heteroatoms. The van der Waals surface area contributed by atoms with E-state index in [9.17, 15) is 5.11 Å². The summed E-state index contributed by atoms with van der Waals surface area (Å²) in [5.41, 5.74) is 1.18. The largest absolute Gasteiger partial charge is 0.469 e. The van der Waals surface area contributed by atoms with E-state index in [0.717, 1.165) is 44.1 Å². The van der Waals surface area contributed by atoms with Crippen LogP contribution in [0.15, 0.2) is 58.1 Å². The normalized spacial score (nSPS) is 12.5. The van der Waals surface area contributed by atoms with Crippen molar-refractivity contribution < 1.29 is 9.52 Å². The van der Waals surface area contributed by atoms with E-state index in [4.69, 9.17) is 9.41 Å². The Bertz CT molecular complexity index is 645. The van der Waals surface area contributed by atoms with Gasteiger partial charge in [-0.3, -0.25) is 0 Å². The Kier molecular flexibility index (Phi) is 12.6. The molecule has 28 heavy (non-hydrogen) atoms. The number of nitrogens with one attached hydrogen (secondary N) is 2. The highest BCUT2D eigenvalue weighted by Crippen LogP contribution is 2.14. The highest BCUT2D eigenvalue weighted by Gasteiger charge is 2.11. The van der Waals surface area contributed by atoms with Crippen molar-refractivity contribution in [2.75, 3.05) is 19.7 Å². The van der Waals surface area contributed by atoms with E-state index < -0.39 is 0 Å². The molecule has 1 heterocycles. The third-order valence-corrected chi connectivity index (χ3v) is 4.41. The molecular weight excluding hydrogens is 465 g/mol. The molecule has 1 aromatic heterocycles. The molecule has 0 aliphatic rings. The quantitative estimate of drug-likeness (QED) is 0.246. The van der Waals surface area contributed by atoms with Crippen molar-refractivity contribution in [2.24, 2.45) is 16.8 Å². The van der Waals surface area contributed by atoms with Gasteiger partial charge in [-0.15, -0.1) is 24.0 Å². The number of aliphatic imine (C=N–C) groups is 1. The van der Waals surface area contributed by atoms with Crippen molar-refractivity contribution >= 4 is 29.9 Å². The van der Waals surface area contributed by atoms with Gasteiger partial charge in [-0.2, -0.15) is 0 Å². The minimum atomic E-state index is 0. The Labute approximate surface area is 186 Å². The fraction of sp³-hybridized carbons (Fsp3) is 0.500. The van der Waals surface area contributed by atoms with Gasteiger partial charge in [0.2, 0.25) is 0 Å². The van der Waals surface area contributed by atoms with Crippen molar-refractivity contribution in [1.82, 2.24) is 10.6 Å². The first-order valence-electron chi connectivity index (χ1n) is 9.86. The minimum Gasteiger partial charge on any atom is -0.469 e. The highest BCUT2D eigenvalue weighted by atomic mass is 127. The summed E-state index contributed by atoms with van der Waals surface area (Å²) in [6.07, 6.45) is 4.41. The fourth-order valence-corrected chi connectivity index (χ4v) is 3.08. The zero-order chi connectivity index (χ0) is 19.3. The summed E-state index contributed by atoms with van der Waals surface area (Å²) in [6, 6.07) is 14.1. The lowest BCUT2D eigenvalue weighted by molar-refractivity contribution is 0.243. The topological polar surface area (TPSA) is 69.8 Å². The van der Waals surface area contributed by atoms with E-state index in [1.54, 1.807) is 6.26 Å². The predicted molar refractivity (Wildman–Crippen MR) is 126 cm³/mol. The predicted octanol–water partition coefficient (Wildman–Crippen LogP) is 4.22. The Balaban J connectivity index is 0.00000392. The Morgan fingerprint density at radius 2 is 1.89 bits per heavy atom. The van der Waals surface area contributed by atoms with Crippen LogP contribution >= 0.6 is 24.0 Å². The molecule has 0 aliphatic carbocycles. The first kappa shape index (κ1) is 24.5. The lowest BCUT2D eigenvalue weighted by atomic mass is 9.94. The molecule has 1 aromatic carbocycles. The lowest BCUT2D eigenvalue weighted by Gasteiger charge is -2.20. The molecule has 3 N–H and O–H groups in total. The molecule has 0 saturated carbocycles. The van der Waals surface area contributed by atoms with Crippen molar-refractivity contribution in [3.63, 3.8) is 0 Å². The second kappa shape index (κ2) is 14.5. The average Bonchev–Trinajstić information content (AvgIpc) is 3.17. The monoisotopic (exact) mass is 499 g/mol. The van der Waals surface area contributed by atoms with E-state index in [2.05, 4.69) is 36.6 Å². The summed E-state index contributed by atoms with van der Waals surface area (Å²) >= 11 is 0. The van der Waals surface area contributed by atoms with Gasteiger partial charge in [0.15, 0.2) is 5.96 Å². The van der Waals surface area contributed by atoms with Gasteiger partial charge in [-0.25, -0.2) is 4.99 Å². The first-order valence-corrected chi connectivity index (χ1v) is 9.86. The maximum Gasteiger partial charge on any atom is 0.191 e. The van der Waals surface area contributed by atoms with Crippen LogP contribution < -0.4 is 10.6 Å². The van der Waals surface area contributed by atoms with Crippen LogP contribution in [-0.4, -0.2) is 30.8 Å². The van der Waals surface area contributed by atoms with Gasteiger partial charge in [0.05, 0.1) is 12.8 Å². The molecule has 0 spiro atoms. The van der Waals surface area contributed by atoms with Gasteiger partial charge in [0, 0.05) is 26.1 Å². The fourth-order valence-electron chi connectivity index (χ4n) is 3.08. The number of guanidine groups is 1. The Hall–Kier alpha value is -1.54. The zero-order valence-electron chi connectivity index (χ0n) is 16.9. The van der Waals surface area contributed by atoms with Crippen LogP contribution in [0.1, 0.15) is 38.0 Å². The number of hydrogen-bond acceptors (Lipinski definition) is 3. The Morgan fingerprint density at radius 3 is 2.54 bits per heavy atom. The van der Waals surface area contributed by atoms with E-state index >= 15 is 0 Å². The number of nitrogens with zero attached hydrogens (tertiary/aromatic N) is 1. The zero-order valence-corrected chi connectivity index (χ0v) is 19.3. The van der Waals surface area contributed by atoms with Crippen LogP contribution in [0.3, 0.4) is 0 Å². The smallest absolute Gasteiger partial charge is 0.191 e. The number of aliphatic hydroxyl groups excluding tert-OH is 1. The molecule has 0 aliphatic heterocycles. The molecule has 2 aromatic rings. The number of benzene rings is 1. The molecular formula is C22H34IN3O2. The van der Waals surface area contributed by atoms with Crippen molar-refractivity contribution in [1.29, 1.82) is 0 Å². The molecule has 2 rings (SSSR count). The molecule has 0 amide bonds. The van der Waals surface area contributed by atoms with Crippen molar-refractivity contribution in [3.8, 4) is 0 Å². The van der Waals surface area contributed by atoms with Crippen LogP contribution in [-0.2, 0) is 13.0 Å². The van der Waals surface area contributed by atoms with Crippen LogP contribution in [0.25, 0.3) is 0 Å². The third kappa shape index (κ3) is 10.1. The highest BCUT2D eigenvalue weighted by molar-refractivity contribution is 14.0. The number of rotatable bonds is 11. The number of aliphatic hydroxyl groups is 1. The maximum atomic E-state index is 9.33. The molecule has 0 fully saturated rings. The first-order chi connectivity index (χ1) is 13.2. The van der Waals surface area contributed by atoms with Gasteiger partial charge in [-0.05, 0) is 42.4 Å². The summed E-state index contributed by atoms with van der Waals surface area (Å²) in [4.78, 5) is 4.73. The van der Waals surface area contributed by atoms with Gasteiger partial charge in [0.1, 0.15) is 5.76 Å². The standard InChI is InChI=1S/C22H33N3O2.HI/c1-18(2)15-20(11-13-26)17-25-22(23-12-10-21-9-6-14-27-21)24-16-19-7-4-3-5-8-19;/h3-9,14,18,20,26H,10-13,15-17H2,1-2H3,(H2,23,24,25);1H. The van der Waals surface area contributed by atoms with E-state index in [-0.39, 0.29) is 30.6 Å². The summed E-state index contributed by atoms with van der Waals surface area (Å²) in [5.74, 6) is 2.81. The molecule has 0 saturated heterocycles. The second-order valence-corrected chi connectivity index (χ2v) is 7.30. The second-order valence-electron chi connectivity index (χ2n) is 7.30. The van der Waals surface area contributed by atoms with Gasteiger partial charge in [0.25, 0.3) is 0 Å². The summed E-state index contributed by atoms with van der Waals surface area (Å²) in [6.45, 7) is 6.85. The average molecular weight is 499 g/mol. The van der Waals surface area contributed by atoms with Crippen molar-refractivity contribution in [3.05, 3.63) is 60.1 Å². The van der Waals surface area contributed by atoms with Gasteiger partial charge in [-0.1, -0.05) is 44.2 Å². The van der Waals surface area contributed by atoms with Crippen LogP contribution in [0, 0.1) is 11.8 Å². The summed E-state index contributed by atoms with van der Waals surface area (Å²) < 4.78 is 5.39. The lowest BCUT2D eigenvalue weighted by Crippen LogP contribution is -2.41. The number of halogens is 1. The summed E-state index contributed by atoms with van der Waals surface area (Å²) in [5, 5.41) is 16.2.